The lowest BCUT2D eigenvalue weighted by molar-refractivity contribution is 0.366. The number of aromatic nitrogens is 5. The van der Waals surface area contributed by atoms with Gasteiger partial charge in [-0.25, -0.2) is 9.67 Å². The Labute approximate surface area is 184 Å². The van der Waals surface area contributed by atoms with Gasteiger partial charge in [-0.2, -0.15) is 10.1 Å². The Hall–Kier alpha value is -3.20. The van der Waals surface area contributed by atoms with Crippen LogP contribution in [0.25, 0.3) is 21.6 Å². The highest BCUT2D eigenvalue weighted by atomic mass is 32.1. The van der Waals surface area contributed by atoms with Crippen LogP contribution in [0.4, 0.5) is 5.95 Å². The maximum Gasteiger partial charge on any atom is 0.263 e. The molecule has 0 saturated heterocycles. The summed E-state index contributed by atoms with van der Waals surface area (Å²) < 4.78 is 7.00. The largest absolute Gasteiger partial charge is 0.497 e. The van der Waals surface area contributed by atoms with E-state index in [0.717, 1.165) is 26.9 Å². The Morgan fingerprint density at radius 3 is 2.55 bits per heavy atom. The third kappa shape index (κ3) is 4.05. The number of anilines is 1. The fraction of sp³-hybridized carbons (Fsp3) is 0.364. The van der Waals surface area contributed by atoms with Gasteiger partial charge in [0.1, 0.15) is 16.1 Å². The van der Waals surface area contributed by atoms with Crippen molar-refractivity contribution in [2.45, 2.75) is 46.2 Å². The summed E-state index contributed by atoms with van der Waals surface area (Å²) in [5, 5.41) is 9.10. The van der Waals surface area contributed by atoms with E-state index in [9.17, 15) is 4.79 Å². The van der Waals surface area contributed by atoms with Crippen molar-refractivity contribution < 1.29 is 4.74 Å². The van der Waals surface area contributed by atoms with Gasteiger partial charge in [0, 0.05) is 5.56 Å². The molecule has 3 aromatic heterocycles. The first-order chi connectivity index (χ1) is 14.7. The molecule has 0 amide bonds. The zero-order valence-electron chi connectivity index (χ0n) is 18.5. The number of hydrogen-bond donors (Lipinski definition) is 2. The number of nitrogens with one attached hydrogen (secondary N) is 2. The number of aromatic amines is 1. The van der Waals surface area contributed by atoms with Gasteiger partial charge in [0.15, 0.2) is 5.65 Å². The summed E-state index contributed by atoms with van der Waals surface area (Å²) in [6.07, 6.45) is 1.56. The first-order valence-corrected chi connectivity index (χ1v) is 10.9. The van der Waals surface area contributed by atoms with Crippen LogP contribution in [-0.4, -0.2) is 31.8 Å². The summed E-state index contributed by atoms with van der Waals surface area (Å²) in [5.41, 5.74) is 2.04. The first kappa shape index (κ1) is 21.0. The van der Waals surface area contributed by atoms with Gasteiger partial charge in [0.05, 0.1) is 35.5 Å². The zero-order chi connectivity index (χ0) is 22.3. The van der Waals surface area contributed by atoms with Crippen molar-refractivity contribution in [2.24, 2.45) is 0 Å². The number of methoxy groups -OCH3 is 1. The SMILES string of the molecule is COc1ccc(-c2nc(C)c(C(C)Nc3nc4c(cnn4C(C)(C)C)c(=O)[nH]3)s2)cc1. The number of aryl methyl sites for hydroxylation is 1. The van der Waals surface area contributed by atoms with Crippen molar-refractivity contribution in [2.75, 3.05) is 12.4 Å². The minimum Gasteiger partial charge on any atom is -0.497 e. The molecule has 0 bridgehead atoms. The topological polar surface area (TPSA) is 97.7 Å². The predicted octanol–water partition coefficient (Wildman–Crippen LogP) is 4.49. The Bertz CT molecular complexity index is 1280. The van der Waals surface area contributed by atoms with Crippen LogP contribution in [0.15, 0.2) is 35.3 Å². The minimum atomic E-state index is -0.285. The van der Waals surface area contributed by atoms with E-state index in [2.05, 4.69) is 20.4 Å². The van der Waals surface area contributed by atoms with Crippen LogP contribution in [0, 0.1) is 6.92 Å². The molecule has 0 spiro atoms. The Morgan fingerprint density at radius 2 is 1.90 bits per heavy atom. The number of fused-ring (bicyclic) bond motifs is 1. The second-order valence-electron chi connectivity index (χ2n) is 8.44. The van der Waals surface area contributed by atoms with E-state index in [-0.39, 0.29) is 17.1 Å². The maximum absolute atomic E-state index is 12.6. The maximum atomic E-state index is 12.6. The van der Waals surface area contributed by atoms with Gasteiger partial charge in [-0.05, 0) is 58.9 Å². The number of ether oxygens (including phenoxy) is 1. The monoisotopic (exact) mass is 438 g/mol. The number of nitrogens with zero attached hydrogens (tertiary/aromatic N) is 4. The lowest BCUT2D eigenvalue weighted by Crippen LogP contribution is -2.24. The van der Waals surface area contributed by atoms with Crippen molar-refractivity contribution in [1.29, 1.82) is 0 Å². The van der Waals surface area contributed by atoms with E-state index in [1.54, 1.807) is 29.3 Å². The normalized spacial score (nSPS) is 12.8. The molecule has 1 atom stereocenters. The van der Waals surface area contributed by atoms with Crippen molar-refractivity contribution in [3.05, 3.63) is 51.4 Å². The molecule has 1 aromatic carbocycles. The first-order valence-electron chi connectivity index (χ1n) is 10.0. The van der Waals surface area contributed by atoms with Crippen LogP contribution in [0.3, 0.4) is 0 Å². The molecule has 31 heavy (non-hydrogen) atoms. The molecule has 0 aliphatic rings. The molecule has 9 heteroatoms. The lowest BCUT2D eigenvalue weighted by atomic mass is 10.1. The van der Waals surface area contributed by atoms with Crippen LogP contribution in [0.2, 0.25) is 0 Å². The average Bonchev–Trinajstić information content (AvgIpc) is 3.32. The van der Waals surface area contributed by atoms with Gasteiger partial charge in [0.25, 0.3) is 5.56 Å². The standard InChI is InChI=1S/C22H26N6O2S/c1-12-17(31-20(24-12)14-7-9-15(30-6)10-8-14)13(2)25-21-26-18-16(19(29)27-21)11-23-28(18)22(3,4)5/h7-11,13H,1-6H3,(H2,25,26,27,29). The molecule has 3 heterocycles. The van der Waals surface area contributed by atoms with E-state index in [4.69, 9.17) is 9.72 Å². The van der Waals surface area contributed by atoms with E-state index < -0.39 is 0 Å². The summed E-state index contributed by atoms with van der Waals surface area (Å²) in [7, 11) is 1.65. The van der Waals surface area contributed by atoms with Crippen LogP contribution >= 0.6 is 11.3 Å². The lowest BCUT2D eigenvalue weighted by Gasteiger charge is -2.20. The Morgan fingerprint density at radius 1 is 1.19 bits per heavy atom. The smallest absolute Gasteiger partial charge is 0.263 e. The molecule has 4 aromatic rings. The summed E-state index contributed by atoms with van der Waals surface area (Å²) >= 11 is 1.62. The number of hydrogen-bond acceptors (Lipinski definition) is 7. The molecule has 8 nitrogen and oxygen atoms in total. The Kier molecular flexibility index (Phi) is 5.30. The molecule has 0 fully saturated rings. The number of H-pyrrole nitrogens is 1. The van der Waals surface area contributed by atoms with Gasteiger partial charge in [-0.1, -0.05) is 0 Å². The van der Waals surface area contributed by atoms with Gasteiger partial charge < -0.3 is 10.1 Å². The molecule has 2 N–H and O–H groups in total. The van der Waals surface area contributed by atoms with Gasteiger partial charge in [0.2, 0.25) is 5.95 Å². The molecule has 4 rings (SSSR count). The van der Waals surface area contributed by atoms with Crippen LogP contribution in [0.5, 0.6) is 5.75 Å². The number of rotatable bonds is 5. The van der Waals surface area contributed by atoms with Crippen LogP contribution in [0.1, 0.15) is 44.3 Å². The van der Waals surface area contributed by atoms with E-state index in [0.29, 0.717) is 17.0 Å². The quantitative estimate of drug-likeness (QED) is 0.476. The average molecular weight is 439 g/mol. The second-order valence-corrected chi connectivity index (χ2v) is 9.47. The molecule has 0 aliphatic carbocycles. The molecular formula is C22H26N6O2S. The summed E-state index contributed by atoms with van der Waals surface area (Å²) in [5.74, 6) is 1.22. The fourth-order valence-corrected chi connectivity index (χ4v) is 4.49. The summed E-state index contributed by atoms with van der Waals surface area (Å²) in [4.78, 5) is 25.8. The van der Waals surface area contributed by atoms with E-state index >= 15 is 0 Å². The predicted molar refractivity (Wildman–Crippen MR) is 124 cm³/mol. The molecule has 1 unspecified atom stereocenters. The molecule has 162 valence electrons. The van der Waals surface area contributed by atoms with Gasteiger partial charge in [-0.15, -0.1) is 11.3 Å². The highest BCUT2D eigenvalue weighted by Crippen LogP contribution is 2.33. The van der Waals surface area contributed by atoms with Gasteiger partial charge in [-0.3, -0.25) is 9.78 Å². The van der Waals surface area contributed by atoms with Gasteiger partial charge >= 0.3 is 0 Å². The molecular weight excluding hydrogens is 412 g/mol. The van der Waals surface area contributed by atoms with Crippen molar-refractivity contribution >= 4 is 28.3 Å². The minimum absolute atomic E-state index is 0.0869. The van der Waals surface area contributed by atoms with E-state index in [1.807, 2.05) is 58.9 Å². The number of benzene rings is 1. The third-order valence-electron chi connectivity index (χ3n) is 4.99. The zero-order valence-corrected chi connectivity index (χ0v) is 19.3. The van der Waals surface area contributed by atoms with Crippen LogP contribution in [-0.2, 0) is 5.54 Å². The summed E-state index contributed by atoms with van der Waals surface area (Å²) in [6.45, 7) is 10.1. The van der Waals surface area contributed by atoms with E-state index in [1.165, 1.54) is 0 Å². The Balaban J connectivity index is 1.64. The summed E-state index contributed by atoms with van der Waals surface area (Å²) in [6, 6.07) is 7.76. The highest BCUT2D eigenvalue weighted by Gasteiger charge is 2.21. The molecule has 0 radical (unpaired) electrons. The van der Waals surface area contributed by atoms with Crippen molar-refractivity contribution in [1.82, 2.24) is 24.7 Å². The third-order valence-corrected chi connectivity index (χ3v) is 6.38. The van der Waals surface area contributed by atoms with Crippen LogP contribution < -0.4 is 15.6 Å². The molecule has 0 aliphatic heterocycles. The fourth-order valence-electron chi connectivity index (χ4n) is 3.42. The number of thiazole rings is 1. The van der Waals surface area contributed by atoms with Crippen molar-refractivity contribution in [3.63, 3.8) is 0 Å². The molecule has 0 saturated carbocycles. The second kappa shape index (κ2) is 7.81. The van der Waals surface area contributed by atoms with Crippen molar-refractivity contribution in [3.8, 4) is 16.3 Å². The highest BCUT2D eigenvalue weighted by molar-refractivity contribution is 7.15.